The second kappa shape index (κ2) is 7.41. The maximum Gasteiger partial charge on any atom is 0.255 e. The summed E-state index contributed by atoms with van der Waals surface area (Å²) in [6, 6.07) is 13.3. The van der Waals surface area contributed by atoms with Crippen molar-refractivity contribution in [3.05, 3.63) is 58.6 Å². The van der Waals surface area contributed by atoms with Gasteiger partial charge in [-0.2, -0.15) is 0 Å². The van der Waals surface area contributed by atoms with E-state index < -0.39 is 5.60 Å². The summed E-state index contributed by atoms with van der Waals surface area (Å²) in [5.41, 5.74) is 1.21. The summed E-state index contributed by atoms with van der Waals surface area (Å²) in [5.74, 6) is 1.17. The molecule has 27 heavy (non-hydrogen) atoms. The molecule has 0 aliphatic carbocycles. The topological polar surface area (TPSA) is 50.8 Å². The van der Waals surface area contributed by atoms with Crippen LogP contribution in [-0.4, -0.2) is 43.2 Å². The molecule has 6 heteroatoms. The van der Waals surface area contributed by atoms with Gasteiger partial charge in [0, 0.05) is 24.2 Å². The number of amides is 1. The summed E-state index contributed by atoms with van der Waals surface area (Å²) < 4.78 is 11.8. The van der Waals surface area contributed by atoms with Crippen LogP contribution in [0.15, 0.2) is 42.5 Å². The molecule has 5 nitrogen and oxygen atoms in total. The molecule has 1 saturated heterocycles. The highest BCUT2D eigenvalue weighted by atomic mass is 35.5. The number of ether oxygens (including phenoxy) is 2. The summed E-state index contributed by atoms with van der Waals surface area (Å²) in [4.78, 5) is 14.8. The SMILES string of the molecule is COc1ccc2c(c1)OC1(CCCN(Cc3ccccc3Cl)C1)CNC2=O. The zero-order chi connectivity index (χ0) is 18.9. The quantitative estimate of drug-likeness (QED) is 0.877. The van der Waals surface area contributed by atoms with Crippen molar-refractivity contribution in [2.75, 3.05) is 26.7 Å². The normalized spacial score (nSPS) is 22.5. The minimum absolute atomic E-state index is 0.104. The van der Waals surface area contributed by atoms with Crippen molar-refractivity contribution in [1.29, 1.82) is 0 Å². The van der Waals surface area contributed by atoms with Crippen molar-refractivity contribution in [3.63, 3.8) is 0 Å². The molecule has 2 aromatic carbocycles. The molecule has 2 aromatic rings. The third-order valence-corrected chi connectivity index (χ3v) is 5.67. The van der Waals surface area contributed by atoms with Crippen LogP contribution in [0.2, 0.25) is 5.02 Å². The van der Waals surface area contributed by atoms with E-state index in [1.54, 1.807) is 25.3 Å². The monoisotopic (exact) mass is 386 g/mol. The van der Waals surface area contributed by atoms with Gasteiger partial charge >= 0.3 is 0 Å². The molecule has 142 valence electrons. The molecular formula is C21H23ClN2O3. The maximum absolute atomic E-state index is 12.5. The summed E-state index contributed by atoms with van der Waals surface area (Å²) in [7, 11) is 1.61. The first kappa shape index (κ1) is 18.1. The van der Waals surface area contributed by atoms with Gasteiger partial charge in [0.1, 0.15) is 17.1 Å². The number of halogens is 1. The molecule has 2 aliphatic rings. The van der Waals surface area contributed by atoms with Gasteiger partial charge in [-0.25, -0.2) is 0 Å². The average Bonchev–Trinajstić information content (AvgIpc) is 2.80. The molecule has 4 rings (SSSR count). The summed E-state index contributed by atoms with van der Waals surface area (Å²) in [6.07, 6.45) is 1.89. The van der Waals surface area contributed by atoms with Gasteiger partial charge in [-0.05, 0) is 43.1 Å². The lowest BCUT2D eigenvalue weighted by molar-refractivity contribution is -0.00714. The van der Waals surface area contributed by atoms with Crippen molar-refractivity contribution in [3.8, 4) is 11.5 Å². The number of carbonyl (C=O) groups is 1. The fourth-order valence-corrected chi connectivity index (χ4v) is 4.12. The maximum atomic E-state index is 12.5. The molecule has 1 amide bonds. The smallest absolute Gasteiger partial charge is 0.255 e. The molecule has 0 bridgehead atoms. The van der Waals surface area contributed by atoms with E-state index in [-0.39, 0.29) is 5.91 Å². The Bertz CT molecular complexity index is 857. The van der Waals surface area contributed by atoms with E-state index in [1.165, 1.54) is 0 Å². The molecule has 0 aromatic heterocycles. The average molecular weight is 387 g/mol. The van der Waals surface area contributed by atoms with E-state index in [0.717, 1.165) is 43.1 Å². The van der Waals surface area contributed by atoms with E-state index in [9.17, 15) is 4.79 Å². The highest BCUT2D eigenvalue weighted by molar-refractivity contribution is 6.31. The lowest BCUT2D eigenvalue weighted by atomic mass is 9.92. The van der Waals surface area contributed by atoms with Crippen LogP contribution in [0.25, 0.3) is 0 Å². The van der Waals surface area contributed by atoms with Crippen LogP contribution in [0, 0.1) is 0 Å². The van der Waals surface area contributed by atoms with Crippen LogP contribution in [-0.2, 0) is 6.54 Å². The lowest BCUT2D eigenvalue weighted by Crippen LogP contribution is -2.56. The fourth-order valence-electron chi connectivity index (χ4n) is 3.93. The molecule has 0 radical (unpaired) electrons. The Morgan fingerprint density at radius 1 is 1.30 bits per heavy atom. The number of nitrogens with one attached hydrogen (secondary N) is 1. The van der Waals surface area contributed by atoms with Crippen molar-refractivity contribution >= 4 is 17.5 Å². The predicted octanol–water partition coefficient (Wildman–Crippen LogP) is 3.51. The summed E-state index contributed by atoms with van der Waals surface area (Å²) in [5, 5.41) is 3.82. The van der Waals surface area contributed by atoms with E-state index >= 15 is 0 Å². The van der Waals surface area contributed by atoms with E-state index in [0.29, 0.717) is 23.6 Å². The van der Waals surface area contributed by atoms with Gasteiger partial charge in [0.15, 0.2) is 0 Å². The molecule has 1 fully saturated rings. The molecular weight excluding hydrogens is 364 g/mol. The number of likely N-dealkylation sites (tertiary alicyclic amines) is 1. The highest BCUT2D eigenvalue weighted by Gasteiger charge is 2.41. The second-order valence-electron chi connectivity index (χ2n) is 7.24. The molecule has 2 heterocycles. The van der Waals surface area contributed by atoms with Gasteiger partial charge in [0.05, 0.1) is 19.2 Å². The van der Waals surface area contributed by atoms with Crippen molar-refractivity contribution in [2.24, 2.45) is 0 Å². The fraction of sp³-hybridized carbons (Fsp3) is 0.381. The van der Waals surface area contributed by atoms with E-state index in [2.05, 4.69) is 16.3 Å². The highest BCUT2D eigenvalue weighted by Crippen LogP contribution is 2.35. The van der Waals surface area contributed by atoms with Gasteiger partial charge in [-0.15, -0.1) is 0 Å². The number of carbonyl (C=O) groups excluding carboxylic acids is 1. The Hall–Kier alpha value is -2.24. The number of nitrogens with zero attached hydrogens (tertiary/aromatic N) is 1. The third-order valence-electron chi connectivity index (χ3n) is 5.30. The van der Waals surface area contributed by atoms with Gasteiger partial charge in [-0.3, -0.25) is 9.69 Å². The van der Waals surface area contributed by atoms with Crippen LogP contribution in [0.4, 0.5) is 0 Å². The molecule has 1 unspecified atom stereocenters. The zero-order valence-electron chi connectivity index (χ0n) is 15.3. The van der Waals surface area contributed by atoms with Gasteiger partial charge < -0.3 is 14.8 Å². The van der Waals surface area contributed by atoms with Crippen molar-refractivity contribution in [1.82, 2.24) is 10.2 Å². The Balaban J connectivity index is 1.58. The number of piperidine rings is 1. The summed E-state index contributed by atoms with van der Waals surface area (Å²) >= 11 is 6.34. The lowest BCUT2D eigenvalue weighted by Gasteiger charge is -2.42. The Labute approximate surface area is 164 Å². The molecule has 0 saturated carbocycles. The predicted molar refractivity (Wildman–Crippen MR) is 105 cm³/mol. The number of hydrogen-bond acceptors (Lipinski definition) is 4. The molecule has 1 N–H and O–H groups in total. The molecule has 2 aliphatic heterocycles. The first-order chi connectivity index (χ1) is 13.1. The largest absolute Gasteiger partial charge is 0.497 e. The van der Waals surface area contributed by atoms with Gasteiger partial charge in [0.25, 0.3) is 5.91 Å². The molecule has 1 spiro atoms. The minimum atomic E-state index is -0.452. The second-order valence-corrected chi connectivity index (χ2v) is 7.64. The molecule has 1 atom stereocenters. The number of benzene rings is 2. The number of methoxy groups -OCH3 is 1. The van der Waals surface area contributed by atoms with Crippen LogP contribution in [0.1, 0.15) is 28.8 Å². The van der Waals surface area contributed by atoms with Crippen LogP contribution >= 0.6 is 11.6 Å². The van der Waals surface area contributed by atoms with E-state index in [4.69, 9.17) is 21.1 Å². The van der Waals surface area contributed by atoms with E-state index in [1.807, 2.05) is 18.2 Å². The van der Waals surface area contributed by atoms with Gasteiger partial charge in [-0.1, -0.05) is 29.8 Å². The Morgan fingerprint density at radius 3 is 2.96 bits per heavy atom. The Kier molecular flexibility index (Phi) is 4.98. The van der Waals surface area contributed by atoms with Crippen LogP contribution < -0.4 is 14.8 Å². The first-order valence-corrected chi connectivity index (χ1v) is 9.57. The Morgan fingerprint density at radius 2 is 2.15 bits per heavy atom. The summed E-state index contributed by atoms with van der Waals surface area (Å²) in [6.45, 7) is 2.97. The third kappa shape index (κ3) is 3.75. The number of rotatable bonds is 3. The van der Waals surface area contributed by atoms with Crippen LogP contribution in [0.5, 0.6) is 11.5 Å². The zero-order valence-corrected chi connectivity index (χ0v) is 16.1. The first-order valence-electron chi connectivity index (χ1n) is 9.20. The number of hydrogen-bond donors (Lipinski definition) is 1. The van der Waals surface area contributed by atoms with Crippen LogP contribution in [0.3, 0.4) is 0 Å². The standard InChI is InChI=1S/C21H23ClN2O3/c1-26-16-7-8-17-19(11-16)27-21(13-23-20(17)25)9-4-10-24(14-21)12-15-5-2-3-6-18(15)22/h2-3,5-8,11H,4,9-10,12-14H2,1H3,(H,23,25). The van der Waals surface area contributed by atoms with Gasteiger partial charge in [0.2, 0.25) is 0 Å². The minimum Gasteiger partial charge on any atom is -0.497 e. The van der Waals surface area contributed by atoms with Crippen molar-refractivity contribution < 1.29 is 14.3 Å². The van der Waals surface area contributed by atoms with Crippen molar-refractivity contribution in [2.45, 2.75) is 25.0 Å². The number of fused-ring (bicyclic) bond motifs is 1.